The van der Waals surface area contributed by atoms with Gasteiger partial charge in [0.05, 0.1) is 19.8 Å². The Bertz CT molecular complexity index is 1230. The Morgan fingerprint density at radius 3 is 1.30 bits per heavy atom. The number of carbonyl (C=O) groups excluding carboxylic acids is 1. The van der Waals surface area contributed by atoms with Gasteiger partial charge >= 0.3 is 5.97 Å². The van der Waals surface area contributed by atoms with Gasteiger partial charge in [-0.25, -0.2) is 0 Å². The number of carbonyl (C=O) groups is 1. The van der Waals surface area contributed by atoms with Crippen LogP contribution in [0, 0.1) is 0 Å². The van der Waals surface area contributed by atoms with Crippen molar-refractivity contribution in [3.05, 3.63) is 48.6 Å². The van der Waals surface area contributed by atoms with Gasteiger partial charge in [0, 0.05) is 13.0 Å². The maximum absolute atomic E-state index is 12.9. The number of hydrogen-bond donors (Lipinski definition) is 4. The van der Waals surface area contributed by atoms with Gasteiger partial charge in [0.25, 0.3) is 0 Å². The quantitative estimate of drug-likeness (QED) is 0.0267. The molecule has 4 N–H and O–H groups in total. The van der Waals surface area contributed by atoms with Crippen LogP contribution < -0.4 is 0 Å². The minimum Gasteiger partial charge on any atom is -0.457 e. The van der Waals surface area contributed by atoms with Crippen LogP contribution in [0.2, 0.25) is 0 Å². The van der Waals surface area contributed by atoms with Crippen LogP contribution in [0.3, 0.4) is 0 Å². The zero-order valence-electron chi connectivity index (χ0n) is 46.2. The molecule has 0 aromatic carbocycles. The summed E-state index contributed by atoms with van der Waals surface area (Å²) < 4.78 is 23.0. The summed E-state index contributed by atoms with van der Waals surface area (Å²) in [6.45, 7) is 4.49. The monoisotopic (exact) mass is 1000 g/mol. The molecule has 9 heteroatoms. The minimum absolute atomic E-state index is 0.112. The molecule has 1 heterocycles. The van der Waals surface area contributed by atoms with Gasteiger partial charge in [-0.1, -0.05) is 268 Å². The van der Waals surface area contributed by atoms with E-state index < -0.39 is 43.4 Å². The molecule has 1 saturated heterocycles. The third-order valence-corrected chi connectivity index (χ3v) is 14.0. The topological polar surface area (TPSA) is 135 Å². The van der Waals surface area contributed by atoms with Crippen LogP contribution in [0.15, 0.2) is 48.6 Å². The van der Waals surface area contributed by atoms with E-state index in [4.69, 9.17) is 18.9 Å². The summed E-state index contributed by atoms with van der Waals surface area (Å²) in [5, 5.41) is 40.4. The second-order valence-corrected chi connectivity index (χ2v) is 20.8. The minimum atomic E-state index is -1.54. The molecule has 0 radical (unpaired) electrons. The number of aliphatic hydroxyl groups excluding tert-OH is 4. The number of ether oxygens (including phenoxy) is 4. The van der Waals surface area contributed by atoms with Gasteiger partial charge in [-0.15, -0.1) is 0 Å². The maximum Gasteiger partial charge on any atom is 0.306 e. The first-order chi connectivity index (χ1) is 34.9. The molecule has 416 valence electrons. The summed E-state index contributed by atoms with van der Waals surface area (Å²) in [4.78, 5) is 12.9. The van der Waals surface area contributed by atoms with Gasteiger partial charge in [-0.05, 0) is 51.4 Å². The van der Waals surface area contributed by atoms with E-state index >= 15 is 0 Å². The first kappa shape index (κ1) is 67.2. The highest BCUT2D eigenvalue weighted by Crippen LogP contribution is 2.23. The molecule has 1 aliphatic rings. The van der Waals surface area contributed by atoms with Gasteiger partial charge in [0.2, 0.25) is 0 Å². The lowest BCUT2D eigenvalue weighted by Crippen LogP contribution is -2.59. The number of aliphatic hydroxyl groups is 4. The zero-order chi connectivity index (χ0) is 51.3. The van der Waals surface area contributed by atoms with E-state index in [-0.39, 0.29) is 19.2 Å². The summed E-state index contributed by atoms with van der Waals surface area (Å²) in [6, 6.07) is 0. The van der Waals surface area contributed by atoms with E-state index in [1.807, 2.05) is 0 Å². The van der Waals surface area contributed by atoms with E-state index in [0.717, 1.165) is 57.8 Å². The molecule has 6 atom stereocenters. The number of allylic oxidation sites excluding steroid dienone is 8. The Hall–Kier alpha value is -1.85. The lowest BCUT2D eigenvalue weighted by Gasteiger charge is -2.39. The molecule has 1 rings (SSSR count). The Balaban J connectivity index is 2.13. The molecule has 0 aromatic rings. The highest BCUT2D eigenvalue weighted by molar-refractivity contribution is 5.69. The normalized spacial score (nSPS) is 19.1. The van der Waals surface area contributed by atoms with E-state index in [1.54, 1.807) is 0 Å². The van der Waals surface area contributed by atoms with Crippen molar-refractivity contribution in [1.29, 1.82) is 0 Å². The lowest BCUT2D eigenvalue weighted by atomic mass is 9.99. The Kier molecular flexibility index (Phi) is 50.1. The van der Waals surface area contributed by atoms with Crippen LogP contribution in [-0.2, 0) is 23.7 Å². The third-order valence-electron chi connectivity index (χ3n) is 14.0. The van der Waals surface area contributed by atoms with Gasteiger partial charge in [0.15, 0.2) is 6.29 Å². The van der Waals surface area contributed by atoms with E-state index in [0.29, 0.717) is 13.0 Å². The largest absolute Gasteiger partial charge is 0.457 e. The molecule has 0 amide bonds. The molecule has 0 bridgehead atoms. The van der Waals surface area contributed by atoms with Crippen molar-refractivity contribution in [1.82, 2.24) is 0 Å². The van der Waals surface area contributed by atoms with Crippen LogP contribution in [0.5, 0.6) is 0 Å². The number of esters is 1. The van der Waals surface area contributed by atoms with Crippen molar-refractivity contribution >= 4 is 5.97 Å². The van der Waals surface area contributed by atoms with Gasteiger partial charge in [0.1, 0.15) is 30.5 Å². The molecule has 6 unspecified atom stereocenters. The molecular formula is C62H114O9. The number of hydrogen-bond acceptors (Lipinski definition) is 9. The molecule has 1 aliphatic heterocycles. The molecular weight excluding hydrogens is 889 g/mol. The fraction of sp³-hybridized carbons (Fsp3) is 0.855. The predicted molar refractivity (Wildman–Crippen MR) is 298 cm³/mol. The Morgan fingerprint density at radius 1 is 0.465 bits per heavy atom. The summed E-state index contributed by atoms with van der Waals surface area (Å²) >= 11 is 0. The van der Waals surface area contributed by atoms with E-state index in [1.165, 1.54) is 199 Å². The summed E-state index contributed by atoms with van der Waals surface area (Å²) in [5.74, 6) is -0.309. The second kappa shape index (κ2) is 53.0. The zero-order valence-corrected chi connectivity index (χ0v) is 46.2. The Labute approximate surface area is 437 Å². The third kappa shape index (κ3) is 43.1. The van der Waals surface area contributed by atoms with E-state index in [9.17, 15) is 25.2 Å². The average molecular weight is 1000 g/mol. The van der Waals surface area contributed by atoms with Crippen molar-refractivity contribution in [2.24, 2.45) is 0 Å². The van der Waals surface area contributed by atoms with Crippen LogP contribution in [0.1, 0.15) is 277 Å². The molecule has 0 spiro atoms. The SMILES string of the molecule is CC/C=C\C/C=C\C/C=C\C/C=C\CCCCCCCCCCCCCOCC(COC1OC(CO)C(O)C(O)C1O)OC(=O)CCCCCCCCCCCCCCCCCCCCCCCCCC. The van der Waals surface area contributed by atoms with Gasteiger partial charge in [-0.3, -0.25) is 4.79 Å². The number of unbranched alkanes of at least 4 members (excludes halogenated alkanes) is 34. The number of rotatable bonds is 53. The molecule has 0 saturated carbocycles. The molecule has 0 aromatic heterocycles. The molecule has 9 nitrogen and oxygen atoms in total. The lowest BCUT2D eigenvalue weighted by molar-refractivity contribution is -0.305. The molecule has 1 fully saturated rings. The van der Waals surface area contributed by atoms with Crippen LogP contribution in [0.25, 0.3) is 0 Å². The van der Waals surface area contributed by atoms with Crippen molar-refractivity contribution in [3.63, 3.8) is 0 Å². The van der Waals surface area contributed by atoms with Gasteiger partial charge < -0.3 is 39.4 Å². The highest BCUT2D eigenvalue weighted by Gasteiger charge is 2.44. The highest BCUT2D eigenvalue weighted by atomic mass is 16.7. The maximum atomic E-state index is 12.9. The Morgan fingerprint density at radius 2 is 0.859 bits per heavy atom. The summed E-state index contributed by atoms with van der Waals surface area (Å²) in [5.41, 5.74) is 0. The first-order valence-corrected chi connectivity index (χ1v) is 30.2. The summed E-state index contributed by atoms with van der Waals surface area (Å²) in [7, 11) is 0. The van der Waals surface area contributed by atoms with Crippen molar-refractivity contribution < 1.29 is 44.2 Å². The second-order valence-electron chi connectivity index (χ2n) is 20.8. The standard InChI is InChI=1S/C62H114O9/c1-3-5-7-9-11-13-15-17-19-21-23-25-27-29-31-33-35-37-39-41-43-45-47-49-51-58(64)70-56(55-69-62-61(67)60(66)59(65)57(53-63)71-62)54-68-52-50-48-46-44-42-40-38-36-34-32-30-28-26-24-22-20-18-16-14-12-10-8-6-4-2/h6,8,12,14,18,20,24,26,56-57,59-63,65-67H,3-5,7,9-11,13,15-17,19,21-23,25,27-55H2,1-2H3/b8-6-,14-12-,20-18-,26-24-. The fourth-order valence-electron chi connectivity index (χ4n) is 9.37. The van der Waals surface area contributed by atoms with Crippen molar-refractivity contribution in [3.8, 4) is 0 Å². The van der Waals surface area contributed by atoms with Crippen molar-refractivity contribution in [2.45, 2.75) is 314 Å². The van der Waals surface area contributed by atoms with Crippen LogP contribution in [0.4, 0.5) is 0 Å². The van der Waals surface area contributed by atoms with Gasteiger partial charge in [-0.2, -0.15) is 0 Å². The van der Waals surface area contributed by atoms with Crippen LogP contribution >= 0.6 is 0 Å². The van der Waals surface area contributed by atoms with E-state index in [2.05, 4.69) is 62.5 Å². The van der Waals surface area contributed by atoms with Crippen molar-refractivity contribution in [2.75, 3.05) is 26.4 Å². The van der Waals surface area contributed by atoms with Crippen LogP contribution in [-0.4, -0.2) is 89.6 Å². The average Bonchev–Trinajstić information content (AvgIpc) is 3.37. The first-order valence-electron chi connectivity index (χ1n) is 30.2. The molecule has 0 aliphatic carbocycles. The summed E-state index contributed by atoms with van der Waals surface area (Å²) in [6.07, 6.45) is 61.7. The predicted octanol–water partition coefficient (Wildman–Crippen LogP) is 16.0. The molecule has 71 heavy (non-hydrogen) atoms. The fourth-order valence-corrected chi connectivity index (χ4v) is 9.37. The smallest absolute Gasteiger partial charge is 0.306 e.